The van der Waals surface area contributed by atoms with Gasteiger partial charge in [0.05, 0.1) is 12.6 Å². The molecule has 0 radical (unpaired) electrons. The van der Waals surface area contributed by atoms with Crippen molar-refractivity contribution in [2.75, 3.05) is 20.2 Å². The number of hydrogen-bond donors (Lipinski definition) is 2. The number of methoxy groups -OCH3 is 1. The maximum absolute atomic E-state index is 10.8. The molecule has 86 valence electrons. The van der Waals surface area contributed by atoms with Crippen molar-refractivity contribution in [1.82, 2.24) is 10.2 Å². The summed E-state index contributed by atoms with van der Waals surface area (Å²) in [5, 5.41) is 12.4. The first-order valence-electron chi connectivity index (χ1n) is 5.47. The first kappa shape index (κ1) is 10.7. The summed E-state index contributed by atoms with van der Waals surface area (Å²) in [5.41, 5.74) is 0. The second kappa shape index (κ2) is 4.37. The molecule has 2 fully saturated rings. The first-order chi connectivity index (χ1) is 7.20. The lowest BCUT2D eigenvalue weighted by molar-refractivity contribution is 0.00920. The largest absolute Gasteiger partial charge is 0.465 e. The third kappa shape index (κ3) is 2.60. The van der Waals surface area contributed by atoms with Crippen LogP contribution in [0.1, 0.15) is 19.3 Å². The molecule has 15 heavy (non-hydrogen) atoms. The monoisotopic (exact) mass is 214 g/mol. The summed E-state index contributed by atoms with van der Waals surface area (Å²) in [6.45, 7) is 1.09. The van der Waals surface area contributed by atoms with Crippen LogP contribution in [0.15, 0.2) is 0 Å². The van der Waals surface area contributed by atoms with Crippen molar-refractivity contribution in [3.63, 3.8) is 0 Å². The van der Waals surface area contributed by atoms with Gasteiger partial charge in [-0.15, -0.1) is 0 Å². The molecule has 1 saturated heterocycles. The Kier molecular flexibility index (Phi) is 3.11. The molecule has 1 heterocycles. The molecule has 5 heteroatoms. The Labute approximate surface area is 89.4 Å². The van der Waals surface area contributed by atoms with Crippen LogP contribution in [0.5, 0.6) is 0 Å². The molecule has 2 atom stereocenters. The standard InChI is InChI=1S/C10H18N2O3/c1-15-9-6-12(10(13)14)5-4-8(9)11-7-2-3-7/h7-9,11H,2-6H2,1H3,(H,13,14). The van der Waals surface area contributed by atoms with E-state index in [-0.39, 0.29) is 6.10 Å². The molecule has 1 saturated carbocycles. The molecule has 2 aliphatic rings. The van der Waals surface area contributed by atoms with E-state index in [0.29, 0.717) is 25.2 Å². The van der Waals surface area contributed by atoms with Gasteiger partial charge in [-0.2, -0.15) is 0 Å². The van der Waals surface area contributed by atoms with E-state index < -0.39 is 6.09 Å². The van der Waals surface area contributed by atoms with E-state index >= 15 is 0 Å². The van der Waals surface area contributed by atoms with Gasteiger partial charge in [0.1, 0.15) is 0 Å². The molecule has 2 N–H and O–H groups in total. The highest BCUT2D eigenvalue weighted by Gasteiger charge is 2.34. The summed E-state index contributed by atoms with van der Waals surface area (Å²) in [7, 11) is 1.65. The molecule has 1 amide bonds. The lowest BCUT2D eigenvalue weighted by Gasteiger charge is -2.36. The Morgan fingerprint density at radius 1 is 1.47 bits per heavy atom. The lowest BCUT2D eigenvalue weighted by atomic mass is 10.0. The van der Waals surface area contributed by atoms with Gasteiger partial charge in [0.15, 0.2) is 0 Å². The Morgan fingerprint density at radius 3 is 2.73 bits per heavy atom. The zero-order valence-corrected chi connectivity index (χ0v) is 8.98. The SMILES string of the molecule is COC1CN(C(=O)O)CCC1NC1CC1. The van der Waals surface area contributed by atoms with Crippen molar-refractivity contribution >= 4 is 6.09 Å². The molecule has 5 nitrogen and oxygen atoms in total. The van der Waals surface area contributed by atoms with Crippen LogP contribution < -0.4 is 5.32 Å². The highest BCUT2D eigenvalue weighted by Crippen LogP contribution is 2.23. The van der Waals surface area contributed by atoms with Gasteiger partial charge in [-0.25, -0.2) is 4.79 Å². The van der Waals surface area contributed by atoms with E-state index in [1.807, 2.05) is 0 Å². The highest BCUT2D eigenvalue weighted by molar-refractivity contribution is 5.65. The smallest absolute Gasteiger partial charge is 0.407 e. The number of carbonyl (C=O) groups is 1. The van der Waals surface area contributed by atoms with Crippen molar-refractivity contribution in [1.29, 1.82) is 0 Å². The van der Waals surface area contributed by atoms with Gasteiger partial charge in [0.25, 0.3) is 0 Å². The molecule has 0 aromatic rings. The summed E-state index contributed by atoms with van der Waals surface area (Å²) in [6, 6.07) is 0.960. The van der Waals surface area contributed by atoms with Gasteiger partial charge in [0, 0.05) is 25.7 Å². The summed E-state index contributed by atoms with van der Waals surface area (Å²) >= 11 is 0. The van der Waals surface area contributed by atoms with Gasteiger partial charge in [-0.1, -0.05) is 0 Å². The van der Waals surface area contributed by atoms with Crippen LogP contribution in [0.2, 0.25) is 0 Å². The maximum Gasteiger partial charge on any atom is 0.407 e. The number of ether oxygens (including phenoxy) is 1. The predicted octanol–water partition coefficient (Wildman–Crippen LogP) is 0.506. The van der Waals surface area contributed by atoms with Crippen molar-refractivity contribution in [3.8, 4) is 0 Å². The molecule has 0 aromatic carbocycles. The normalized spacial score (nSPS) is 31.7. The van der Waals surface area contributed by atoms with Crippen molar-refractivity contribution in [2.24, 2.45) is 0 Å². The highest BCUT2D eigenvalue weighted by atomic mass is 16.5. The van der Waals surface area contributed by atoms with Crippen molar-refractivity contribution < 1.29 is 14.6 Å². The van der Waals surface area contributed by atoms with Gasteiger partial charge in [-0.05, 0) is 19.3 Å². The number of amides is 1. The van der Waals surface area contributed by atoms with Gasteiger partial charge in [-0.3, -0.25) is 0 Å². The van der Waals surface area contributed by atoms with Crippen LogP contribution >= 0.6 is 0 Å². The van der Waals surface area contributed by atoms with Crippen LogP contribution in [0.3, 0.4) is 0 Å². The minimum atomic E-state index is -0.845. The number of hydrogen-bond acceptors (Lipinski definition) is 3. The fourth-order valence-electron chi connectivity index (χ4n) is 2.07. The van der Waals surface area contributed by atoms with Crippen molar-refractivity contribution in [3.05, 3.63) is 0 Å². The van der Waals surface area contributed by atoms with E-state index in [2.05, 4.69) is 5.32 Å². The van der Waals surface area contributed by atoms with E-state index in [4.69, 9.17) is 9.84 Å². The number of carboxylic acid groups (broad SMARTS) is 1. The Balaban J connectivity index is 1.88. The molecule has 0 spiro atoms. The second-order valence-electron chi connectivity index (χ2n) is 4.34. The van der Waals surface area contributed by atoms with E-state index in [0.717, 1.165) is 6.42 Å². The van der Waals surface area contributed by atoms with Crippen LogP contribution in [-0.2, 0) is 4.74 Å². The predicted molar refractivity (Wildman–Crippen MR) is 55.0 cm³/mol. The molecular weight excluding hydrogens is 196 g/mol. The molecular formula is C10H18N2O3. The van der Waals surface area contributed by atoms with E-state index in [9.17, 15) is 4.79 Å². The van der Waals surface area contributed by atoms with Crippen LogP contribution in [-0.4, -0.2) is 54.5 Å². The fraction of sp³-hybridized carbons (Fsp3) is 0.900. The summed E-state index contributed by atoms with van der Waals surface area (Å²) in [6.07, 6.45) is 2.49. The minimum absolute atomic E-state index is 0.00421. The van der Waals surface area contributed by atoms with E-state index in [1.54, 1.807) is 7.11 Å². The summed E-state index contributed by atoms with van der Waals surface area (Å²) in [4.78, 5) is 12.2. The molecule has 1 aliphatic heterocycles. The van der Waals surface area contributed by atoms with Gasteiger partial charge >= 0.3 is 6.09 Å². The van der Waals surface area contributed by atoms with Gasteiger partial charge < -0.3 is 20.1 Å². The third-order valence-corrected chi connectivity index (χ3v) is 3.16. The van der Waals surface area contributed by atoms with Gasteiger partial charge in [0.2, 0.25) is 0 Å². The van der Waals surface area contributed by atoms with Crippen LogP contribution in [0, 0.1) is 0 Å². The first-order valence-corrected chi connectivity index (χ1v) is 5.47. The zero-order chi connectivity index (χ0) is 10.8. The Morgan fingerprint density at radius 2 is 2.20 bits per heavy atom. The second-order valence-corrected chi connectivity index (χ2v) is 4.34. The van der Waals surface area contributed by atoms with Crippen LogP contribution in [0.4, 0.5) is 4.79 Å². The van der Waals surface area contributed by atoms with E-state index in [1.165, 1.54) is 17.7 Å². The third-order valence-electron chi connectivity index (χ3n) is 3.16. The molecule has 0 aromatic heterocycles. The topological polar surface area (TPSA) is 61.8 Å². The molecule has 2 rings (SSSR count). The quantitative estimate of drug-likeness (QED) is 0.718. The maximum atomic E-state index is 10.8. The number of rotatable bonds is 3. The number of piperidine rings is 1. The van der Waals surface area contributed by atoms with Crippen molar-refractivity contribution in [2.45, 2.75) is 37.5 Å². The number of nitrogens with one attached hydrogen (secondary N) is 1. The number of nitrogens with zero attached hydrogens (tertiary/aromatic N) is 1. The lowest BCUT2D eigenvalue weighted by Crippen LogP contribution is -2.55. The minimum Gasteiger partial charge on any atom is -0.465 e. The Hall–Kier alpha value is -0.810. The molecule has 1 aliphatic carbocycles. The zero-order valence-electron chi connectivity index (χ0n) is 8.98. The fourth-order valence-corrected chi connectivity index (χ4v) is 2.07. The molecule has 2 unspecified atom stereocenters. The van der Waals surface area contributed by atoms with Crippen LogP contribution in [0.25, 0.3) is 0 Å². The number of likely N-dealkylation sites (tertiary alicyclic amines) is 1. The molecule has 0 bridgehead atoms. The summed E-state index contributed by atoms with van der Waals surface area (Å²) in [5.74, 6) is 0. The average Bonchev–Trinajstić information content (AvgIpc) is 3.02. The Bertz CT molecular complexity index is 243. The summed E-state index contributed by atoms with van der Waals surface area (Å²) < 4.78 is 5.35. The average molecular weight is 214 g/mol.